The second-order valence-electron chi connectivity index (χ2n) is 7.82. The number of methoxy groups -OCH3 is 3. The van der Waals surface area contributed by atoms with Gasteiger partial charge in [0.1, 0.15) is 28.6 Å². The minimum Gasteiger partial charge on any atom is -0.496 e. The summed E-state index contributed by atoms with van der Waals surface area (Å²) < 4.78 is 25.0. The quantitative estimate of drug-likeness (QED) is 0.135. The van der Waals surface area contributed by atoms with Gasteiger partial charge in [-0.3, -0.25) is 4.79 Å². The Morgan fingerprint density at radius 1 is 0.763 bits per heavy atom. The molecule has 0 aliphatic carbocycles. The van der Waals surface area contributed by atoms with Gasteiger partial charge in [-0.1, -0.05) is 6.07 Å². The summed E-state index contributed by atoms with van der Waals surface area (Å²) in [5.74, 6) is 0.728. The lowest BCUT2D eigenvalue weighted by molar-refractivity contribution is -0.132. The van der Waals surface area contributed by atoms with Crippen LogP contribution in [0.1, 0.15) is 21.5 Å². The molecule has 0 fully saturated rings. The summed E-state index contributed by atoms with van der Waals surface area (Å²) in [6.45, 7) is 0. The maximum Gasteiger partial charge on any atom is 0.348 e. The highest BCUT2D eigenvalue weighted by Gasteiger charge is 2.37. The van der Waals surface area contributed by atoms with Crippen LogP contribution in [0.3, 0.4) is 0 Å². The lowest BCUT2D eigenvalue weighted by Crippen LogP contribution is -2.11. The fraction of sp³-hybridized carbons (Fsp3) is 0.111. The molecule has 0 aromatic heterocycles. The Labute approximate surface area is 261 Å². The summed E-state index contributed by atoms with van der Waals surface area (Å²) in [4.78, 5) is 27.1. The Kier molecular flexibility index (Phi) is 9.24. The van der Waals surface area contributed by atoms with Gasteiger partial charge in [-0.2, -0.15) is 0 Å². The third-order valence-electron chi connectivity index (χ3n) is 5.56. The van der Waals surface area contributed by atoms with E-state index in [4.69, 9.17) is 18.9 Å². The van der Waals surface area contributed by atoms with Crippen LogP contribution < -0.4 is 14.2 Å². The number of Topliss-reactive ketones (excluding diaryl/α,β-unsaturated/α-hetero) is 1. The van der Waals surface area contributed by atoms with Gasteiger partial charge < -0.3 is 18.9 Å². The van der Waals surface area contributed by atoms with Gasteiger partial charge in [0, 0.05) is 11.1 Å². The first-order chi connectivity index (χ1) is 18.1. The molecule has 11 heteroatoms. The van der Waals surface area contributed by atoms with Gasteiger partial charge in [-0.25, -0.2) is 4.79 Å². The van der Waals surface area contributed by atoms with Crippen LogP contribution in [-0.2, 0) is 9.53 Å². The zero-order valence-electron chi connectivity index (χ0n) is 20.0. The monoisotopic (exact) mass is 832 g/mol. The van der Waals surface area contributed by atoms with E-state index in [-0.39, 0.29) is 16.9 Å². The van der Waals surface area contributed by atoms with Crippen LogP contribution in [0.4, 0.5) is 0 Å². The number of ketones is 1. The molecule has 6 nitrogen and oxygen atoms in total. The molecule has 38 heavy (non-hydrogen) atoms. The summed E-state index contributed by atoms with van der Waals surface area (Å²) in [5, 5.41) is 0. The fourth-order valence-corrected chi connectivity index (χ4v) is 7.48. The Balaban J connectivity index is 1.95. The molecule has 0 radical (unpaired) electrons. The third-order valence-corrected chi connectivity index (χ3v) is 8.53. The first kappa shape index (κ1) is 29.1. The number of hydrogen-bond donors (Lipinski definition) is 0. The summed E-state index contributed by atoms with van der Waals surface area (Å²) >= 11 is 17.3. The van der Waals surface area contributed by atoms with Gasteiger partial charge in [0.15, 0.2) is 0 Å². The Hall–Kier alpha value is -1.92. The number of carbonyl (C=O) groups is 2. The maximum atomic E-state index is 13.8. The van der Waals surface area contributed by atoms with Crippen LogP contribution in [-0.4, -0.2) is 33.1 Å². The number of carbonyl (C=O) groups excluding carboxylic acids is 2. The van der Waals surface area contributed by atoms with E-state index in [2.05, 4.69) is 79.6 Å². The number of esters is 1. The van der Waals surface area contributed by atoms with Crippen molar-refractivity contribution in [1.29, 1.82) is 0 Å². The summed E-state index contributed by atoms with van der Waals surface area (Å²) in [5.41, 5.74) is 1.84. The van der Waals surface area contributed by atoms with Crippen LogP contribution in [0, 0.1) is 0 Å². The number of rotatable bonds is 7. The van der Waals surface area contributed by atoms with Crippen LogP contribution in [0.25, 0.3) is 11.6 Å². The van der Waals surface area contributed by atoms with E-state index in [1.54, 1.807) is 50.6 Å². The predicted molar refractivity (Wildman–Crippen MR) is 163 cm³/mol. The Morgan fingerprint density at radius 3 is 1.82 bits per heavy atom. The number of allylic oxidation sites excluding steroid dienone is 1. The van der Waals surface area contributed by atoms with Crippen molar-refractivity contribution in [1.82, 2.24) is 0 Å². The molecule has 196 valence electrons. The lowest BCUT2D eigenvalue weighted by Gasteiger charge is -2.11. The molecule has 0 amide bonds. The van der Waals surface area contributed by atoms with E-state index >= 15 is 0 Å². The second kappa shape index (κ2) is 12.1. The molecule has 0 saturated carbocycles. The molecule has 0 N–H and O–H groups in total. The van der Waals surface area contributed by atoms with Crippen LogP contribution >= 0.6 is 79.6 Å². The van der Waals surface area contributed by atoms with Crippen LogP contribution in [0.15, 0.2) is 76.2 Å². The van der Waals surface area contributed by atoms with E-state index in [0.29, 0.717) is 56.3 Å². The molecule has 1 aliphatic heterocycles. The summed E-state index contributed by atoms with van der Waals surface area (Å²) in [6, 6.07) is 12.1. The Morgan fingerprint density at radius 2 is 1.32 bits per heavy atom. The van der Waals surface area contributed by atoms with Gasteiger partial charge in [0.2, 0.25) is 5.78 Å². The molecule has 0 bridgehead atoms. The Bertz CT molecular complexity index is 1500. The largest absolute Gasteiger partial charge is 0.496 e. The maximum absolute atomic E-state index is 13.8. The molecule has 3 aromatic carbocycles. The third kappa shape index (κ3) is 5.67. The number of halogens is 5. The first-order valence-electron chi connectivity index (χ1n) is 10.7. The van der Waals surface area contributed by atoms with Crippen molar-refractivity contribution in [2.75, 3.05) is 21.3 Å². The topological polar surface area (TPSA) is 71.1 Å². The van der Waals surface area contributed by atoms with Gasteiger partial charge in [-0.05, 0) is 133 Å². The molecular weight excluding hydrogens is 820 g/mol. The highest BCUT2D eigenvalue weighted by molar-refractivity contribution is 9.11. The predicted octanol–water partition coefficient (Wildman–Crippen LogP) is 8.76. The minimum absolute atomic E-state index is 0.0936. The molecule has 0 atom stereocenters. The van der Waals surface area contributed by atoms with Crippen molar-refractivity contribution in [3.05, 3.63) is 92.9 Å². The number of ether oxygens (including phenoxy) is 4. The zero-order valence-corrected chi connectivity index (χ0v) is 27.9. The molecular formula is C27H17Br5O6. The van der Waals surface area contributed by atoms with Gasteiger partial charge >= 0.3 is 5.97 Å². The van der Waals surface area contributed by atoms with E-state index in [1.165, 1.54) is 7.11 Å². The van der Waals surface area contributed by atoms with Crippen LogP contribution in [0.2, 0.25) is 0 Å². The van der Waals surface area contributed by atoms with Gasteiger partial charge in [0.25, 0.3) is 0 Å². The van der Waals surface area contributed by atoms with Crippen molar-refractivity contribution >= 4 is 103 Å². The lowest BCUT2D eigenvalue weighted by atomic mass is 9.93. The van der Waals surface area contributed by atoms with Crippen molar-refractivity contribution in [3.8, 4) is 17.2 Å². The van der Waals surface area contributed by atoms with E-state index in [0.717, 1.165) is 0 Å². The SMILES string of the molecule is COc1ccc(C2=C(C(=O)c3cc(Br)c(OC)c(Br)c3)C(=O)O/C2=C\c2cc(Br)c(OC)c(Br)c2)cc1Br. The van der Waals surface area contributed by atoms with E-state index < -0.39 is 11.8 Å². The van der Waals surface area contributed by atoms with Crippen molar-refractivity contribution < 1.29 is 28.5 Å². The van der Waals surface area contributed by atoms with Gasteiger partial charge in [-0.15, -0.1) is 0 Å². The van der Waals surface area contributed by atoms with Gasteiger partial charge in [0.05, 0.1) is 43.7 Å². The standard InChI is InChI=1S/C27H17Br5O6/c1-35-20-5-4-13(9-15(20)28)22-21(8-12-6-16(29)25(36-2)17(30)7-12)38-27(34)23(22)24(33)14-10-18(31)26(37-3)19(32)11-14/h4-11H,1-3H3/b21-8-. The smallest absolute Gasteiger partial charge is 0.348 e. The highest BCUT2D eigenvalue weighted by atomic mass is 79.9. The number of cyclic esters (lactones) is 1. The number of benzene rings is 3. The normalized spacial score (nSPS) is 14.1. The zero-order chi connectivity index (χ0) is 27.7. The average Bonchev–Trinajstić information content (AvgIpc) is 3.18. The first-order valence-corrected chi connectivity index (χ1v) is 14.7. The second-order valence-corrected chi connectivity index (χ2v) is 12.1. The molecule has 1 aliphatic rings. The summed E-state index contributed by atoms with van der Waals surface area (Å²) in [6.07, 6.45) is 1.69. The molecule has 4 rings (SSSR count). The van der Waals surface area contributed by atoms with E-state index in [9.17, 15) is 9.59 Å². The minimum atomic E-state index is -0.752. The van der Waals surface area contributed by atoms with E-state index in [1.807, 2.05) is 12.1 Å². The molecule has 3 aromatic rings. The van der Waals surface area contributed by atoms with Crippen molar-refractivity contribution in [2.45, 2.75) is 0 Å². The number of hydrogen-bond acceptors (Lipinski definition) is 6. The van der Waals surface area contributed by atoms with Crippen molar-refractivity contribution in [2.24, 2.45) is 0 Å². The van der Waals surface area contributed by atoms with Crippen molar-refractivity contribution in [3.63, 3.8) is 0 Å². The molecule has 1 heterocycles. The molecule has 0 saturated heterocycles. The highest BCUT2D eigenvalue weighted by Crippen LogP contribution is 2.42. The average molecular weight is 837 g/mol. The van der Waals surface area contributed by atoms with Crippen LogP contribution in [0.5, 0.6) is 17.2 Å². The molecule has 0 spiro atoms. The fourth-order valence-electron chi connectivity index (χ4n) is 3.88. The summed E-state index contributed by atoms with van der Waals surface area (Å²) in [7, 11) is 4.65. The molecule has 0 unspecified atom stereocenters.